The van der Waals surface area contributed by atoms with E-state index in [0.717, 1.165) is 58.5 Å². The number of unbranched alkanes of at least 4 members (excludes halogenated alkanes) is 2. The lowest BCUT2D eigenvalue weighted by atomic mass is 9.60. The van der Waals surface area contributed by atoms with Crippen LogP contribution in [-0.4, -0.2) is 184 Å². The van der Waals surface area contributed by atoms with Gasteiger partial charge in [-0.15, -0.1) is 0 Å². The number of aromatic nitrogens is 4. The van der Waals surface area contributed by atoms with Gasteiger partial charge in [-0.2, -0.15) is 13.5 Å². The van der Waals surface area contributed by atoms with Crippen LogP contribution in [0.25, 0.3) is 21.3 Å². The van der Waals surface area contributed by atoms with E-state index in [9.17, 15) is 61.2 Å². The number of nitrogens with two attached hydrogens (primary N) is 1. The molecule has 0 radical (unpaired) electrons. The average Bonchev–Trinajstić information content (AvgIpc) is 1.50. The van der Waals surface area contributed by atoms with Gasteiger partial charge in [0.25, 0.3) is 27.8 Å². The average molecular weight is 1510 g/mol. The fourth-order valence-electron chi connectivity index (χ4n) is 16.6. The number of primary amides is 1. The molecule has 6 atom stereocenters. The SMILES string of the molecule is Cc1c(-c2ccc(N3CCc4c(OCCNC(=O)OCc5ccc(NC(=O)[C@H](CCCNC(N)=O)NC(=O)[C@@H](NC(=O)CCCCCN6C(=O)C=CC6=O)C(C)C)cc5)ccc(C(=O)Nc5nc6ccccc6s5)c4C3)nc2C(=O)O)cnn1CC12CC3(C)CC(OCCN(C)CCS(=O)(=O)O)(C1)[C@](C)(C3)C2. The molecule has 3 aromatic heterocycles. The zero-order chi connectivity index (χ0) is 76.6. The molecule has 30 nitrogen and oxygen atoms in total. The Labute approximate surface area is 624 Å². The highest BCUT2D eigenvalue weighted by Gasteiger charge is 2.74. The number of fused-ring (bicyclic) bond motifs is 2. The van der Waals surface area contributed by atoms with Crippen molar-refractivity contribution in [2.24, 2.45) is 27.9 Å². The number of carbonyl (C=O) groups is 9. The van der Waals surface area contributed by atoms with Crippen molar-refractivity contribution in [3.63, 3.8) is 0 Å². The van der Waals surface area contributed by atoms with Crippen LogP contribution in [0.5, 0.6) is 5.75 Å². The van der Waals surface area contributed by atoms with E-state index in [4.69, 9.17) is 30.0 Å². The first-order chi connectivity index (χ1) is 50.9. The Morgan fingerprint density at radius 3 is 2.30 bits per heavy atom. The summed E-state index contributed by atoms with van der Waals surface area (Å²) in [5.41, 5.74) is 9.82. The molecule has 4 bridgehead atoms. The van der Waals surface area contributed by atoms with E-state index >= 15 is 0 Å². The van der Waals surface area contributed by atoms with Crippen LogP contribution >= 0.6 is 11.3 Å². The standard InChI is InChI=1S/C75H94N14O16S2/c1-46(2)63(84-60(90)16-8-7-11-30-88-61(91)25-26-62(88)92)67(95)81-56(14-12-28-77-69(76)98)66(94)80-49-19-17-48(18-20-49)39-104-71(99)78-29-34-103-57-23-21-52(65(93)85-70-82-55-13-9-10-15-58(55)106-70)54-38-87(31-27-50(54)57)59-24-22-51(64(83-59)68(96)97)53-37-79-89(47(53)3)45-74-41-72(4)40-73(5,43-74)75(42-72,44-74)105-35-32-86(6)33-36-107(100,101)102/h9-10,13,15,17-26,37,46,56,63H,7-8,11-12,14,16,27-36,38-45H2,1-6H3,(H,78,99)(H,80,94)(H,81,95)(H,84,90)(H,96,97)(H3,76,77,98)(H,82,85,93)(H,100,101,102)/t56-,63-,72?,73+,74?,75?/m0/s1. The van der Waals surface area contributed by atoms with Crippen molar-refractivity contribution in [1.82, 2.24) is 50.8 Å². The van der Waals surface area contributed by atoms with Gasteiger partial charge in [-0.3, -0.25) is 48.2 Å². The normalized spacial score (nSPS) is 20.5. The number of alkyl carbamates (subject to hydrolysis) is 1. The number of carboxylic acid groups (broad SMARTS) is 1. The van der Waals surface area contributed by atoms with Crippen molar-refractivity contribution in [2.45, 2.75) is 149 Å². The summed E-state index contributed by atoms with van der Waals surface area (Å²) in [5, 5.41) is 32.7. The number of rotatable bonds is 36. The summed E-state index contributed by atoms with van der Waals surface area (Å²) >= 11 is 1.34. The number of benzene rings is 3. The number of ether oxygens (including phenoxy) is 3. The van der Waals surface area contributed by atoms with Crippen molar-refractivity contribution in [3.05, 3.63) is 125 Å². The highest BCUT2D eigenvalue weighted by molar-refractivity contribution is 7.85. The molecule has 5 heterocycles. The number of likely N-dealkylation sites (N-methyl/N-ethyl adjacent to an activating group) is 1. The molecule has 9 amide bonds. The first-order valence-electron chi connectivity index (χ1n) is 36.1. The van der Waals surface area contributed by atoms with Gasteiger partial charge in [0.05, 0.1) is 40.9 Å². The molecule has 4 fully saturated rings. The molecule has 2 aliphatic heterocycles. The van der Waals surface area contributed by atoms with Crippen LogP contribution in [0.1, 0.15) is 142 Å². The predicted octanol–water partition coefficient (Wildman–Crippen LogP) is 7.74. The number of aromatic carboxylic acids is 1. The number of hydrogen-bond acceptors (Lipinski definition) is 20. The number of urea groups is 1. The van der Waals surface area contributed by atoms with Gasteiger partial charge in [0.1, 0.15) is 36.9 Å². The van der Waals surface area contributed by atoms with E-state index in [0.29, 0.717) is 102 Å². The molecule has 4 saturated carbocycles. The molecule has 572 valence electrons. The van der Waals surface area contributed by atoms with Crippen molar-refractivity contribution in [2.75, 3.05) is 80.8 Å². The second-order valence-electron chi connectivity index (χ2n) is 29.8. The minimum absolute atomic E-state index is 0.0151. The predicted molar refractivity (Wildman–Crippen MR) is 399 cm³/mol. The van der Waals surface area contributed by atoms with Gasteiger partial charge >= 0.3 is 18.1 Å². The molecule has 12 rings (SSSR count). The highest BCUT2D eigenvalue weighted by atomic mass is 32.2. The van der Waals surface area contributed by atoms with Crippen LogP contribution in [0.2, 0.25) is 0 Å². The lowest BCUT2D eigenvalue weighted by molar-refractivity contribution is -0.137. The number of para-hydroxylation sites is 1. The third-order valence-electron chi connectivity index (χ3n) is 21.1. The Morgan fingerprint density at radius 2 is 1.57 bits per heavy atom. The molecule has 107 heavy (non-hydrogen) atoms. The van der Waals surface area contributed by atoms with Crippen LogP contribution in [-0.2, 0) is 69.7 Å². The quantitative estimate of drug-likeness (QED) is 0.0103. The second kappa shape index (κ2) is 33.1. The minimum Gasteiger partial charge on any atom is -0.491 e. The number of hydrogen-bond donors (Lipinski definition) is 9. The van der Waals surface area contributed by atoms with Crippen LogP contribution in [0.15, 0.2) is 91.1 Å². The third kappa shape index (κ3) is 18.9. The van der Waals surface area contributed by atoms with Gasteiger partial charge in [0, 0.05) is 98.0 Å². The number of imide groups is 1. The van der Waals surface area contributed by atoms with Crippen LogP contribution in [0.3, 0.4) is 0 Å². The lowest BCUT2D eigenvalue weighted by Crippen LogP contribution is -2.54. The Morgan fingerprint density at radius 1 is 0.804 bits per heavy atom. The highest BCUT2D eigenvalue weighted by Crippen LogP contribution is 2.77. The van der Waals surface area contributed by atoms with Gasteiger partial charge < -0.3 is 61.4 Å². The van der Waals surface area contributed by atoms with E-state index in [1.165, 1.54) is 23.5 Å². The van der Waals surface area contributed by atoms with Gasteiger partial charge in [0.2, 0.25) is 17.7 Å². The summed E-state index contributed by atoms with van der Waals surface area (Å²) < 4.78 is 53.7. The van der Waals surface area contributed by atoms with Gasteiger partial charge in [0.15, 0.2) is 10.8 Å². The van der Waals surface area contributed by atoms with Gasteiger partial charge in [-0.25, -0.2) is 24.4 Å². The molecule has 6 aromatic rings. The van der Waals surface area contributed by atoms with Crippen LogP contribution in [0.4, 0.5) is 26.2 Å². The summed E-state index contributed by atoms with van der Waals surface area (Å²) in [4.78, 5) is 131. The van der Waals surface area contributed by atoms with Gasteiger partial charge in [-0.05, 0) is 160 Å². The van der Waals surface area contributed by atoms with E-state index < -0.39 is 58.0 Å². The van der Waals surface area contributed by atoms with Crippen molar-refractivity contribution >= 4 is 102 Å². The Kier molecular flexibility index (Phi) is 24.2. The number of carboxylic acids is 1. The molecule has 32 heteroatoms. The maximum absolute atomic E-state index is 14.4. The summed E-state index contributed by atoms with van der Waals surface area (Å²) in [6.45, 7) is 12.7. The zero-order valence-electron chi connectivity index (χ0n) is 61.0. The van der Waals surface area contributed by atoms with Crippen molar-refractivity contribution in [1.29, 1.82) is 0 Å². The van der Waals surface area contributed by atoms with Gasteiger partial charge in [-0.1, -0.05) is 69.7 Å². The number of nitrogens with zero attached hydrogens (tertiary/aromatic N) is 7. The summed E-state index contributed by atoms with van der Waals surface area (Å²) in [5.74, 6) is -3.77. The third-order valence-corrected chi connectivity index (χ3v) is 22.8. The molecule has 6 aliphatic rings. The monoisotopic (exact) mass is 1510 g/mol. The zero-order valence-corrected chi connectivity index (χ0v) is 62.6. The molecular formula is C75H94N14O16S2. The van der Waals surface area contributed by atoms with E-state index in [1.54, 1.807) is 68.6 Å². The number of anilines is 3. The van der Waals surface area contributed by atoms with Crippen LogP contribution in [0, 0.1) is 29.1 Å². The summed E-state index contributed by atoms with van der Waals surface area (Å²) in [6.07, 6.45) is 10.5. The number of thiazole rings is 1. The van der Waals surface area contributed by atoms with Crippen molar-refractivity contribution < 1.29 is 75.4 Å². The van der Waals surface area contributed by atoms with E-state index in [2.05, 4.69) is 50.7 Å². The topological polar surface area (TPSA) is 407 Å². The number of pyridine rings is 1. The molecule has 10 N–H and O–H groups in total. The first-order valence-corrected chi connectivity index (χ1v) is 38.5. The van der Waals surface area contributed by atoms with Crippen LogP contribution < -0.4 is 47.3 Å². The maximum atomic E-state index is 14.4. The van der Waals surface area contributed by atoms with E-state index in [1.807, 2.05) is 52.7 Å². The van der Waals surface area contributed by atoms with E-state index in [-0.39, 0.29) is 122 Å². The molecule has 3 aromatic carbocycles. The molecule has 0 spiro atoms. The largest absolute Gasteiger partial charge is 0.491 e. The fourth-order valence-corrected chi connectivity index (χ4v) is 18.0. The minimum atomic E-state index is -4.09. The van der Waals surface area contributed by atoms with Crippen molar-refractivity contribution in [3.8, 4) is 16.9 Å². The molecular weight excluding hydrogens is 1420 g/mol. The Balaban J connectivity index is 0.697. The number of amides is 9. The fraction of sp³-hybridized carbons (Fsp3) is 0.493. The number of carbonyl (C=O) groups excluding carboxylic acids is 8. The molecule has 3 unspecified atom stereocenters. The second-order valence-corrected chi connectivity index (χ2v) is 32.4. The summed E-state index contributed by atoms with van der Waals surface area (Å²) in [6, 6.07) is 18.1. The first kappa shape index (κ1) is 78.2. The maximum Gasteiger partial charge on any atom is 0.407 e. The lowest BCUT2D eigenvalue weighted by Gasteiger charge is -2.46. The smallest absolute Gasteiger partial charge is 0.407 e. The number of nitrogens with one attached hydrogen (secondary N) is 6. The Hall–Kier alpha value is -9.89. The molecule has 0 saturated heterocycles. The Bertz CT molecular complexity index is 4480. The molecule has 4 aliphatic carbocycles. The summed E-state index contributed by atoms with van der Waals surface area (Å²) in [7, 11) is -2.27.